The number of rotatable bonds is 2. The van der Waals surface area contributed by atoms with Crippen LogP contribution in [-0.2, 0) is 0 Å². The Balaban J connectivity index is 0.00000133. The summed E-state index contributed by atoms with van der Waals surface area (Å²) in [5.41, 5.74) is 2.79. The van der Waals surface area contributed by atoms with Gasteiger partial charge in [-0.3, -0.25) is 0 Å². The molecular weight excluding hydrogens is 238 g/mol. The molecule has 3 heteroatoms. The summed E-state index contributed by atoms with van der Waals surface area (Å²) < 4.78 is 5.25. The zero-order valence-corrected chi connectivity index (χ0v) is 11.1. The van der Waals surface area contributed by atoms with Gasteiger partial charge in [0.15, 0.2) is 0 Å². The first-order valence-electron chi connectivity index (χ1n) is 6.35. The SMILES string of the molecule is COc1ccc2cc(C3=CCNCC3)ccc2c1.O. The van der Waals surface area contributed by atoms with Gasteiger partial charge in [-0.2, -0.15) is 0 Å². The first-order valence-corrected chi connectivity index (χ1v) is 6.35. The molecule has 1 aliphatic heterocycles. The van der Waals surface area contributed by atoms with Crippen molar-refractivity contribution in [2.75, 3.05) is 20.2 Å². The van der Waals surface area contributed by atoms with E-state index in [0.29, 0.717) is 0 Å². The standard InChI is InChI=1S/C16H17NO.H2O/c1-18-16-5-4-14-10-13(2-3-15(14)11-16)12-6-8-17-9-7-12;/h2-6,10-11,17H,7-9H2,1H3;1H2. The summed E-state index contributed by atoms with van der Waals surface area (Å²) in [5.74, 6) is 0.913. The normalized spacial score (nSPS) is 14.7. The van der Waals surface area contributed by atoms with Crippen molar-refractivity contribution in [1.29, 1.82) is 0 Å². The average Bonchev–Trinajstić information content (AvgIpc) is 2.47. The zero-order chi connectivity index (χ0) is 12.4. The summed E-state index contributed by atoms with van der Waals surface area (Å²) in [6.45, 7) is 2.06. The topological polar surface area (TPSA) is 52.8 Å². The predicted octanol–water partition coefficient (Wildman–Crippen LogP) is 2.40. The van der Waals surface area contributed by atoms with Crippen LogP contribution in [-0.4, -0.2) is 25.7 Å². The molecule has 0 saturated heterocycles. The van der Waals surface area contributed by atoms with E-state index in [9.17, 15) is 0 Å². The average molecular weight is 257 g/mol. The van der Waals surface area contributed by atoms with Crippen LogP contribution in [0.2, 0.25) is 0 Å². The fourth-order valence-electron chi connectivity index (χ4n) is 2.44. The largest absolute Gasteiger partial charge is 0.497 e. The third kappa shape index (κ3) is 2.78. The van der Waals surface area contributed by atoms with E-state index in [2.05, 4.69) is 41.7 Å². The molecule has 1 heterocycles. The summed E-state index contributed by atoms with van der Waals surface area (Å²) in [7, 11) is 1.70. The Hall–Kier alpha value is -1.84. The maximum absolute atomic E-state index is 5.25. The molecule has 0 aliphatic carbocycles. The van der Waals surface area contributed by atoms with Crippen LogP contribution in [0.25, 0.3) is 16.3 Å². The van der Waals surface area contributed by atoms with Gasteiger partial charge in [-0.15, -0.1) is 0 Å². The van der Waals surface area contributed by atoms with Crippen LogP contribution in [0, 0.1) is 0 Å². The van der Waals surface area contributed by atoms with Crippen molar-refractivity contribution in [3.63, 3.8) is 0 Å². The lowest BCUT2D eigenvalue weighted by Crippen LogP contribution is -2.19. The molecule has 0 radical (unpaired) electrons. The number of hydrogen-bond acceptors (Lipinski definition) is 2. The molecule has 0 unspecified atom stereocenters. The number of ether oxygens (including phenoxy) is 1. The first kappa shape index (κ1) is 13.6. The zero-order valence-electron chi connectivity index (χ0n) is 11.1. The van der Waals surface area contributed by atoms with Crippen molar-refractivity contribution in [1.82, 2.24) is 5.32 Å². The molecule has 0 atom stereocenters. The van der Waals surface area contributed by atoms with Crippen molar-refractivity contribution in [2.24, 2.45) is 0 Å². The first-order chi connectivity index (χ1) is 8.86. The molecule has 3 rings (SSSR count). The maximum Gasteiger partial charge on any atom is 0.119 e. The van der Waals surface area contributed by atoms with Gasteiger partial charge in [0.2, 0.25) is 0 Å². The smallest absolute Gasteiger partial charge is 0.119 e. The van der Waals surface area contributed by atoms with Gasteiger partial charge in [-0.1, -0.05) is 24.3 Å². The molecule has 0 spiro atoms. The lowest BCUT2D eigenvalue weighted by Gasteiger charge is -2.14. The van der Waals surface area contributed by atoms with Gasteiger partial charge in [-0.05, 0) is 53.1 Å². The van der Waals surface area contributed by atoms with Crippen molar-refractivity contribution in [2.45, 2.75) is 6.42 Å². The second-order valence-electron chi connectivity index (χ2n) is 4.61. The van der Waals surface area contributed by atoms with Gasteiger partial charge in [0.25, 0.3) is 0 Å². The second-order valence-corrected chi connectivity index (χ2v) is 4.61. The van der Waals surface area contributed by atoms with Gasteiger partial charge in [0, 0.05) is 6.54 Å². The molecule has 2 aromatic carbocycles. The van der Waals surface area contributed by atoms with Gasteiger partial charge in [0.1, 0.15) is 5.75 Å². The second kappa shape index (κ2) is 5.87. The molecule has 0 fully saturated rings. The number of benzene rings is 2. The summed E-state index contributed by atoms with van der Waals surface area (Å²) in [4.78, 5) is 0. The number of nitrogens with one attached hydrogen (secondary N) is 1. The molecule has 100 valence electrons. The highest BCUT2D eigenvalue weighted by molar-refractivity contribution is 5.87. The highest BCUT2D eigenvalue weighted by atomic mass is 16.5. The van der Waals surface area contributed by atoms with Crippen LogP contribution < -0.4 is 10.1 Å². The molecule has 3 N–H and O–H groups in total. The molecule has 19 heavy (non-hydrogen) atoms. The number of fused-ring (bicyclic) bond motifs is 1. The minimum absolute atomic E-state index is 0. The monoisotopic (exact) mass is 257 g/mol. The Morgan fingerprint density at radius 3 is 2.58 bits per heavy atom. The summed E-state index contributed by atoms with van der Waals surface area (Å²) in [6.07, 6.45) is 3.40. The van der Waals surface area contributed by atoms with Crippen LogP contribution >= 0.6 is 0 Å². The summed E-state index contributed by atoms with van der Waals surface area (Å²) >= 11 is 0. The third-order valence-corrected chi connectivity index (χ3v) is 3.48. The summed E-state index contributed by atoms with van der Waals surface area (Å²) in [5, 5.41) is 5.84. The van der Waals surface area contributed by atoms with E-state index >= 15 is 0 Å². The van der Waals surface area contributed by atoms with Crippen LogP contribution in [0.3, 0.4) is 0 Å². The quantitative estimate of drug-likeness (QED) is 0.898. The highest BCUT2D eigenvalue weighted by Crippen LogP contribution is 2.26. The Morgan fingerprint density at radius 1 is 1.05 bits per heavy atom. The van der Waals surface area contributed by atoms with Gasteiger partial charge in [0.05, 0.1) is 7.11 Å². The maximum atomic E-state index is 5.25. The Morgan fingerprint density at radius 2 is 1.84 bits per heavy atom. The van der Waals surface area contributed by atoms with Crippen LogP contribution in [0.4, 0.5) is 0 Å². The Bertz CT molecular complexity index is 605. The van der Waals surface area contributed by atoms with Crippen molar-refractivity contribution in [3.05, 3.63) is 48.0 Å². The fourth-order valence-corrected chi connectivity index (χ4v) is 2.44. The highest BCUT2D eigenvalue weighted by Gasteiger charge is 2.06. The fraction of sp³-hybridized carbons (Fsp3) is 0.250. The van der Waals surface area contributed by atoms with Crippen molar-refractivity contribution < 1.29 is 10.2 Å². The molecule has 0 saturated carbocycles. The molecule has 0 aromatic heterocycles. The molecule has 0 amide bonds. The van der Waals surface area contributed by atoms with E-state index in [1.807, 2.05) is 6.07 Å². The molecule has 1 aliphatic rings. The summed E-state index contributed by atoms with van der Waals surface area (Å²) in [6, 6.07) is 12.9. The van der Waals surface area contributed by atoms with E-state index in [4.69, 9.17) is 4.74 Å². The number of hydrogen-bond donors (Lipinski definition) is 1. The lowest BCUT2D eigenvalue weighted by atomic mass is 9.97. The van der Waals surface area contributed by atoms with E-state index in [1.165, 1.54) is 21.9 Å². The Labute approximate surface area is 113 Å². The predicted molar refractivity (Wildman–Crippen MR) is 79.6 cm³/mol. The third-order valence-electron chi connectivity index (χ3n) is 3.48. The lowest BCUT2D eigenvalue weighted by molar-refractivity contribution is 0.415. The van der Waals surface area contributed by atoms with Gasteiger partial charge >= 0.3 is 0 Å². The van der Waals surface area contributed by atoms with Crippen molar-refractivity contribution >= 4 is 16.3 Å². The van der Waals surface area contributed by atoms with E-state index in [0.717, 1.165) is 25.3 Å². The van der Waals surface area contributed by atoms with E-state index < -0.39 is 0 Å². The van der Waals surface area contributed by atoms with Gasteiger partial charge in [-0.25, -0.2) is 0 Å². The minimum atomic E-state index is 0. The van der Waals surface area contributed by atoms with E-state index in [-0.39, 0.29) is 5.48 Å². The molecule has 2 aromatic rings. The number of methoxy groups -OCH3 is 1. The van der Waals surface area contributed by atoms with E-state index in [1.54, 1.807) is 7.11 Å². The van der Waals surface area contributed by atoms with Crippen molar-refractivity contribution in [3.8, 4) is 5.75 Å². The minimum Gasteiger partial charge on any atom is -0.497 e. The van der Waals surface area contributed by atoms with Crippen LogP contribution in [0.1, 0.15) is 12.0 Å². The molecule has 3 nitrogen and oxygen atoms in total. The van der Waals surface area contributed by atoms with Gasteiger partial charge < -0.3 is 15.5 Å². The molecule has 0 bridgehead atoms. The Kier molecular flexibility index (Phi) is 4.20. The van der Waals surface area contributed by atoms with Crippen LogP contribution in [0.5, 0.6) is 5.75 Å². The molecular formula is C16H19NO2. The van der Waals surface area contributed by atoms with Crippen LogP contribution in [0.15, 0.2) is 42.5 Å².